The minimum atomic E-state index is -3.69. The topological polar surface area (TPSA) is 55.2 Å². The lowest BCUT2D eigenvalue weighted by Crippen LogP contribution is -2.36. The summed E-state index contributed by atoms with van der Waals surface area (Å²) in [5, 5.41) is 6.58. The van der Waals surface area contributed by atoms with Crippen LogP contribution in [-0.4, -0.2) is 29.0 Å². The molecule has 1 aliphatic heterocycles. The maximum Gasteiger partial charge on any atom is 0.247 e. The van der Waals surface area contributed by atoms with Crippen LogP contribution in [0.25, 0.3) is 16.3 Å². The van der Waals surface area contributed by atoms with E-state index >= 15 is 0 Å². The first-order valence-corrected chi connectivity index (χ1v) is 11.7. The zero-order valence-corrected chi connectivity index (χ0v) is 17.2. The van der Waals surface area contributed by atoms with Crippen molar-refractivity contribution in [1.29, 1.82) is 0 Å². The standard InChI is InChI=1S/C22H19N3O2S2/c26-29(27,24-13-12-17-7-4-5-8-18(17)15-24)21-16-25(19-9-2-1-3-10-19)23-22(21)20-11-6-14-28-20/h1-11,14,16H,12-13,15H2. The van der Waals surface area contributed by atoms with Gasteiger partial charge >= 0.3 is 0 Å². The number of nitrogens with zero attached hydrogens (tertiary/aromatic N) is 3. The predicted molar refractivity (Wildman–Crippen MR) is 115 cm³/mol. The molecule has 29 heavy (non-hydrogen) atoms. The molecular weight excluding hydrogens is 402 g/mol. The van der Waals surface area contributed by atoms with Crippen LogP contribution >= 0.6 is 11.3 Å². The normalized spacial score (nSPS) is 14.6. The van der Waals surface area contributed by atoms with E-state index in [0.29, 0.717) is 18.8 Å². The maximum absolute atomic E-state index is 13.6. The van der Waals surface area contributed by atoms with Gasteiger partial charge in [0.2, 0.25) is 10.0 Å². The van der Waals surface area contributed by atoms with E-state index in [1.807, 2.05) is 66.0 Å². The summed E-state index contributed by atoms with van der Waals surface area (Å²) in [5.74, 6) is 0. The summed E-state index contributed by atoms with van der Waals surface area (Å²) in [7, 11) is -3.69. The molecule has 146 valence electrons. The van der Waals surface area contributed by atoms with Crippen LogP contribution in [-0.2, 0) is 23.0 Å². The highest BCUT2D eigenvalue weighted by molar-refractivity contribution is 7.89. The fourth-order valence-electron chi connectivity index (χ4n) is 3.66. The van der Waals surface area contributed by atoms with Crippen molar-refractivity contribution in [3.8, 4) is 16.3 Å². The van der Waals surface area contributed by atoms with Gasteiger partial charge in [-0.25, -0.2) is 13.1 Å². The Kier molecular flexibility index (Phi) is 4.58. The summed E-state index contributed by atoms with van der Waals surface area (Å²) in [6, 6.07) is 21.4. The van der Waals surface area contributed by atoms with E-state index in [1.165, 1.54) is 16.9 Å². The van der Waals surface area contributed by atoms with Crippen LogP contribution in [0.15, 0.2) is 83.2 Å². The second kappa shape index (κ2) is 7.26. The van der Waals surface area contributed by atoms with E-state index in [2.05, 4.69) is 11.2 Å². The number of para-hydroxylation sites is 1. The molecule has 0 radical (unpaired) electrons. The molecule has 0 N–H and O–H groups in total. The van der Waals surface area contributed by atoms with Gasteiger partial charge in [-0.1, -0.05) is 48.5 Å². The van der Waals surface area contributed by atoms with Gasteiger partial charge in [-0.2, -0.15) is 9.40 Å². The van der Waals surface area contributed by atoms with Crippen molar-refractivity contribution in [2.24, 2.45) is 0 Å². The Morgan fingerprint density at radius 1 is 0.897 bits per heavy atom. The Morgan fingerprint density at radius 2 is 1.66 bits per heavy atom. The lowest BCUT2D eigenvalue weighted by Gasteiger charge is -2.27. The molecule has 0 atom stereocenters. The Balaban J connectivity index is 1.60. The summed E-state index contributed by atoms with van der Waals surface area (Å²) in [5.41, 5.74) is 3.62. The fraction of sp³-hybridized carbons (Fsp3) is 0.136. The molecule has 0 saturated carbocycles. The summed E-state index contributed by atoms with van der Waals surface area (Å²) in [6.45, 7) is 0.860. The van der Waals surface area contributed by atoms with E-state index in [4.69, 9.17) is 0 Å². The molecule has 2 aromatic carbocycles. The molecule has 4 aromatic rings. The predicted octanol–water partition coefficient (Wildman–Crippen LogP) is 4.35. The molecule has 0 unspecified atom stereocenters. The van der Waals surface area contributed by atoms with Crippen molar-refractivity contribution >= 4 is 21.4 Å². The number of hydrogen-bond acceptors (Lipinski definition) is 4. The van der Waals surface area contributed by atoms with Gasteiger partial charge in [0.15, 0.2) is 0 Å². The van der Waals surface area contributed by atoms with E-state index in [9.17, 15) is 8.42 Å². The SMILES string of the molecule is O=S(=O)(c1cn(-c2ccccc2)nc1-c1cccs1)N1CCc2ccccc2C1. The van der Waals surface area contributed by atoms with Gasteiger partial charge in [0.05, 0.1) is 16.8 Å². The Morgan fingerprint density at radius 3 is 2.41 bits per heavy atom. The zero-order valence-electron chi connectivity index (χ0n) is 15.6. The van der Waals surface area contributed by atoms with Crippen molar-refractivity contribution in [2.45, 2.75) is 17.9 Å². The van der Waals surface area contributed by atoms with Gasteiger partial charge in [0.1, 0.15) is 10.6 Å². The third-order valence-corrected chi connectivity index (χ3v) is 7.89. The Labute approximate surface area is 173 Å². The van der Waals surface area contributed by atoms with Crippen molar-refractivity contribution in [3.05, 3.63) is 89.4 Å². The molecule has 1 aliphatic rings. The molecule has 3 heterocycles. The highest BCUT2D eigenvalue weighted by Crippen LogP contribution is 2.34. The highest BCUT2D eigenvalue weighted by Gasteiger charge is 2.32. The van der Waals surface area contributed by atoms with Crippen molar-refractivity contribution in [1.82, 2.24) is 14.1 Å². The van der Waals surface area contributed by atoms with Crippen LogP contribution in [0, 0.1) is 0 Å². The Bertz CT molecular complexity index is 1250. The van der Waals surface area contributed by atoms with Gasteiger partial charge in [-0.05, 0) is 41.1 Å². The van der Waals surface area contributed by atoms with Crippen LogP contribution in [0.3, 0.4) is 0 Å². The fourth-order valence-corrected chi connectivity index (χ4v) is 5.99. The summed E-state index contributed by atoms with van der Waals surface area (Å²) in [6.07, 6.45) is 2.36. The molecule has 7 heteroatoms. The van der Waals surface area contributed by atoms with E-state index < -0.39 is 10.0 Å². The molecule has 0 saturated heterocycles. The first-order chi connectivity index (χ1) is 14.1. The third kappa shape index (κ3) is 3.31. The highest BCUT2D eigenvalue weighted by atomic mass is 32.2. The van der Waals surface area contributed by atoms with Crippen molar-refractivity contribution < 1.29 is 8.42 Å². The first kappa shape index (κ1) is 18.3. The number of rotatable bonds is 4. The Hall–Kier alpha value is -2.74. The van der Waals surface area contributed by atoms with E-state index in [0.717, 1.165) is 22.5 Å². The van der Waals surface area contributed by atoms with Crippen LogP contribution in [0.4, 0.5) is 0 Å². The molecule has 5 nitrogen and oxygen atoms in total. The van der Waals surface area contributed by atoms with Crippen molar-refractivity contribution in [3.63, 3.8) is 0 Å². The summed E-state index contributed by atoms with van der Waals surface area (Å²) >= 11 is 1.49. The molecule has 0 amide bonds. The largest absolute Gasteiger partial charge is 0.247 e. The smallest absolute Gasteiger partial charge is 0.239 e. The van der Waals surface area contributed by atoms with Gasteiger partial charge in [0.25, 0.3) is 0 Å². The molecule has 0 aliphatic carbocycles. The van der Waals surface area contributed by atoms with Crippen LogP contribution < -0.4 is 0 Å². The van der Waals surface area contributed by atoms with Crippen molar-refractivity contribution in [2.75, 3.05) is 6.54 Å². The average molecular weight is 422 g/mol. The van der Waals surface area contributed by atoms with Gasteiger partial charge < -0.3 is 0 Å². The van der Waals surface area contributed by atoms with Gasteiger partial charge in [0, 0.05) is 13.1 Å². The lowest BCUT2D eigenvalue weighted by molar-refractivity contribution is 0.391. The second-order valence-electron chi connectivity index (χ2n) is 6.96. The number of sulfonamides is 1. The van der Waals surface area contributed by atoms with Crippen LogP contribution in [0.1, 0.15) is 11.1 Å². The molecule has 0 spiro atoms. The van der Waals surface area contributed by atoms with Crippen LogP contribution in [0.5, 0.6) is 0 Å². The molecule has 0 fully saturated rings. The van der Waals surface area contributed by atoms with Crippen LogP contribution in [0.2, 0.25) is 0 Å². The number of fused-ring (bicyclic) bond motifs is 1. The molecule has 0 bridgehead atoms. The summed E-state index contributed by atoms with van der Waals surface area (Å²) < 4.78 is 30.5. The van der Waals surface area contributed by atoms with Gasteiger partial charge in [-0.3, -0.25) is 0 Å². The average Bonchev–Trinajstić information content (AvgIpc) is 3.44. The van der Waals surface area contributed by atoms with E-state index in [1.54, 1.807) is 15.2 Å². The maximum atomic E-state index is 13.6. The number of hydrogen-bond donors (Lipinski definition) is 0. The molecule has 5 rings (SSSR count). The minimum Gasteiger partial charge on any atom is -0.239 e. The van der Waals surface area contributed by atoms with E-state index in [-0.39, 0.29) is 4.90 Å². The monoisotopic (exact) mass is 421 g/mol. The number of benzene rings is 2. The minimum absolute atomic E-state index is 0.253. The molecular formula is C22H19N3O2S2. The summed E-state index contributed by atoms with van der Waals surface area (Å²) in [4.78, 5) is 1.10. The number of thiophene rings is 1. The zero-order chi connectivity index (χ0) is 19.8. The second-order valence-corrected chi connectivity index (χ2v) is 9.81. The third-order valence-electron chi connectivity index (χ3n) is 5.17. The lowest BCUT2D eigenvalue weighted by atomic mass is 10.0. The molecule has 2 aromatic heterocycles. The number of aromatic nitrogens is 2. The first-order valence-electron chi connectivity index (χ1n) is 9.39. The van der Waals surface area contributed by atoms with Gasteiger partial charge in [-0.15, -0.1) is 11.3 Å². The quantitative estimate of drug-likeness (QED) is 0.492.